The summed E-state index contributed by atoms with van der Waals surface area (Å²) in [6.07, 6.45) is 2.18. The molecule has 4 nitrogen and oxygen atoms in total. The molecule has 5 heteroatoms. The van der Waals surface area contributed by atoms with Crippen LogP contribution >= 0.6 is 11.8 Å². The Bertz CT molecular complexity index is 376. The number of aromatic hydroxyl groups is 1. The molecule has 1 rings (SSSR count). The highest BCUT2D eigenvalue weighted by Gasteiger charge is 2.17. The van der Waals surface area contributed by atoms with Gasteiger partial charge in [-0.3, -0.25) is 4.79 Å². The van der Waals surface area contributed by atoms with Crippen LogP contribution in [0, 0.1) is 0 Å². The standard InChI is InChI=1S/C13H19NO3S/c1-9(12(8-15)18-2)14-13(17)7-10-3-5-11(16)6-4-10/h3-6,9,12,15-16H,7-8H2,1-2H3,(H,14,17). The molecule has 0 saturated heterocycles. The largest absolute Gasteiger partial charge is 0.508 e. The van der Waals surface area contributed by atoms with Crippen molar-refractivity contribution in [1.29, 1.82) is 0 Å². The quantitative estimate of drug-likeness (QED) is 0.725. The van der Waals surface area contributed by atoms with Gasteiger partial charge in [-0.15, -0.1) is 0 Å². The van der Waals surface area contributed by atoms with Gasteiger partial charge in [0.1, 0.15) is 5.75 Å². The molecule has 100 valence electrons. The molecule has 0 aliphatic rings. The number of benzene rings is 1. The number of nitrogens with one attached hydrogen (secondary N) is 1. The summed E-state index contributed by atoms with van der Waals surface area (Å²) < 4.78 is 0. The van der Waals surface area contributed by atoms with Crippen LogP contribution in [0.1, 0.15) is 12.5 Å². The Kier molecular flexibility index (Phi) is 6.01. The summed E-state index contributed by atoms with van der Waals surface area (Å²) in [5.41, 5.74) is 0.849. The van der Waals surface area contributed by atoms with Gasteiger partial charge in [-0.05, 0) is 30.9 Å². The number of thioether (sulfide) groups is 1. The maximum atomic E-state index is 11.8. The molecule has 0 radical (unpaired) electrons. The van der Waals surface area contributed by atoms with E-state index in [0.717, 1.165) is 5.56 Å². The van der Waals surface area contributed by atoms with Crippen molar-refractivity contribution < 1.29 is 15.0 Å². The summed E-state index contributed by atoms with van der Waals surface area (Å²) in [5.74, 6) is 0.107. The Balaban J connectivity index is 2.48. The molecule has 3 N–H and O–H groups in total. The first-order valence-corrected chi connectivity index (χ1v) is 7.06. The lowest BCUT2D eigenvalue weighted by atomic mass is 10.1. The SMILES string of the molecule is CSC(CO)C(C)NC(=O)Cc1ccc(O)cc1. The molecule has 1 amide bonds. The van der Waals surface area contributed by atoms with E-state index in [9.17, 15) is 4.79 Å². The summed E-state index contributed by atoms with van der Waals surface area (Å²) >= 11 is 1.53. The average molecular weight is 269 g/mol. The summed E-state index contributed by atoms with van der Waals surface area (Å²) in [6.45, 7) is 1.92. The van der Waals surface area contributed by atoms with Crippen LogP contribution in [0.15, 0.2) is 24.3 Å². The monoisotopic (exact) mass is 269 g/mol. The van der Waals surface area contributed by atoms with Gasteiger partial charge in [0.25, 0.3) is 0 Å². The minimum Gasteiger partial charge on any atom is -0.508 e. The third-order valence-corrected chi connectivity index (χ3v) is 3.89. The zero-order valence-corrected chi connectivity index (χ0v) is 11.4. The van der Waals surface area contributed by atoms with Crippen LogP contribution < -0.4 is 5.32 Å². The number of phenols is 1. The Morgan fingerprint density at radius 2 is 2.00 bits per heavy atom. The number of amides is 1. The lowest BCUT2D eigenvalue weighted by Crippen LogP contribution is -2.41. The van der Waals surface area contributed by atoms with Gasteiger partial charge in [-0.25, -0.2) is 0 Å². The number of phenolic OH excluding ortho intramolecular Hbond substituents is 1. The number of aliphatic hydroxyl groups excluding tert-OH is 1. The number of hydrogen-bond acceptors (Lipinski definition) is 4. The van der Waals surface area contributed by atoms with E-state index in [4.69, 9.17) is 10.2 Å². The third kappa shape index (κ3) is 4.58. The molecule has 0 fully saturated rings. The van der Waals surface area contributed by atoms with Crippen molar-refractivity contribution in [3.05, 3.63) is 29.8 Å². The normalized spacial score (nSPS) is 13.9. The van der Waals surface area contributed by atoms with Crippen LogP contribution in [-0.4, -0.2) is 40.3 Å². The highest BCUT2D eigenvalue weighted by molar-refractivity contribution is 7.99. The van der Waals surface area contributed by atoms with Crippen LogP contribution in [0.25, 0.3) is 0 Å². The first-order valence-electron chi connectivity index (χ1n) is 5.77. The Morgan fingerprint density at radius 3 is 2.50 bits per heavy atom. The number of carbonyl (C=O) groups is 1. The Labute approximate surface area is 111 Å². The van der Waals surface area contributed by atoms with Crippen LogP contribution in [0.4, 0.5) is 0 Å². The molecule has 0 aliphatic heterocycles. The van der Waals surface area contributed by atoms with E-state index in [2.05, 4.69) is 5.32 Å². The molecular formula is C13H19NO3S. The van der Waals surface area contributed by atoms with Crippen molar-refractivity contribution in [3.63, 3.8) is 0 Å². The van der Waals surface area contributed by atoms with Gasteiger partial charge in [-0.1, -0.05) is 12.1 Å². The molecule has 2 atom stereocenters. The minimum atomic E-state index is -0.0827. The summed E-state index contributed by atoms with van der Waals surface area (Å²) in [6, 6.07) is 6.49. The van der Waals surface area contributed by atoms with Crippen LogP contribution in [0.5, 0.6) is 5.75 Å². The Morgan fingerprint density at radius 1 is 1.39 bits per heavy atom. The van der Waals surface area contributed by atoms with Gasteiger partial charge >= 0.3 is 0 Å². The van der Waals surface area contributed by atoms with Crippen LogP contribution in [-0.2, 0) is 11.2 Å². The average Bonchev–Trinajstić information content (AvgIpc) is 2.33. The molecule has 18 heavy (non-hydrogen) atoms. The van der Waals surface area contributed by atoms with E-state index in [1.165, 1.54) is 11.8 Å². The van der Waals surface area contributed by atoms with Crippen molar-refractivity contribution in [1.82, 2.24) is 5.32 Å². The molecule has 2 unspecified atom stereocenters. The van der Waals surface area contributed by atoms with Crippen molar-refractivity contribution in [2.45, 2.75) is 24.6 Å². The molecule has 0 aliphatic carbocycles. The van der Waals surface area contributed by atoms with E-state index >= 15 is 0 Å². The lowest BCUT2D eigenvalue weighted by molar-refractivity contribution is -0.121. The molecule has 1 aromatic rings. The highest BCUT2D eigenvalue weighted by atomic mass is 32.2. The fourth-order valence-corrected chi connectivity index (χ4v) is 2.26. The topological polar surface area (TPSA) is 69.6 Å². The van der Waals surface area contributed by atoms with Crippen molar-refractivity contribution in [3.8, 4) is 5.75 Å². The zero-order valence-electron chi connectivity index (χ0n) is 10.6. The van der Waals surface area contributed by atoms with E-state index in [1.807, 2.05) is 13.2 Å². The fraction of sp³-hybridized carbons (Fsp3) is 0.462. The number of aliphatic hydroxyl groups is 1. The van der Waals surface area contributed by atoms with E-state index in [1.54, 1.807) is 24.3 Å². The molecular weight excluding hydrogens is 250 g/mol. The smallest absolute Gasteiger partial charge is 0.224 e. The number of carbonyl (C=O) groups excluding carboxylic acids is 1. The molecule has 0 heterocycles. The minimum absolute atomic E-state index is 0.00812. The first-order chi connectivity index (χ1) is 8.56. The van der Waals surface area contributed by atoms with Crippen LogP contribution in [0.3, 0.4) is 0 Å². The lowest BCUT2D eigenvalue weighted by Gasteiger charge is -2.21. The number of hydrogen-bond donors (Lipinski definition) is 3. The molecule has 0 spiro atoms. The van der Waals surface area contributed by atoms with Gasteiger partial charge in [0.05, 0.1) is 13.0 Å². The van der Waals surface area contributed by atoms with Gasteiger partial charge in [0.2, 0.25) is 5.91 Å². The second-order valence-corrected chi connectivity index (χ2v) is 5.23. The van der Waals surface area contributed by atoms with Gasteiger partial charge in [-0.2, -0.15) is 11.8 Å². The maximum absolute atomic E-state index is 11.8. The number of rotatable bonds is 6. The fourth-order valence-electron chi connectivity index (χ4n) is 1.63. The first kappa shape index (κ1) is 14.9. The molecule has 0 aromatic heterocycles. The van der Waals surface area contributed by atoms with E-state index < -0.39 is 0 Å². The predicted octanol–water partition coefficient (Wildman–Crippen LogP) is 1.16. The summed E-state index contributed by atoms with van der Waals surface area (Å²) in [7, 11) is 0. The Hall–Kier alpha value is -1.20. The molecule has 0 bridgehead atoms. The third-order valence-electron chi connectivity index (χ3n) is 2.73. The molecule has 0 saturated carbocycles. The highest BCUT2D eigenvalue weighted by Crippen LogP contribution is 2.12. The summed E-state index contributed by atoms with van der Waals surface area (Å²) in [5, 5.41) is 21.1. The van der Waals surface area contributed by atoms with E-state index in [-0.39, 0.29) is 36.0 Å². The summed E-state index contributed by atoms with van der Waals surface area (Å²) in [4.78, 5) is 11.8. The van der Waals surface area contributed by atoms with Gasteiger partial charge in [0.15, 0.2) is 0 Å². The molecule has 1 aromatic carbocycles. The second-order valence-electron chi connectivity index (χ2n) is 4.16. The predicted molar refractivity (Wildman–Crippen MR) is 73.8 cm³/mol. The van der Waals surface area contributed by atoms with Gasteiger partial charge in [0, 0.05) is 11.3 Å². The van der Waals surface area contributed by atoms with Crippen molar-refractivity contribution in [2.24, 2.45) is 0 Å². The van der Waals surface area contributed by atoms with Crippen molar-refractivity contribution in [2.75, 3.05) is 12.9 Å². The van der Waals surface area contributed by atoms with E-state index in [0.29, 0.717) is 0 Å². The second kappa shape index (κ2) is 7.28. The van der Waals surface area contributed by atoms with Gasteiger partial charge < -0.3 is 15.5 Å². The van der Waals surface area contributed by atoms with Crippen LogP contribution in [0.2, 0.25) is 0 Å². The maximum Gasteiger partial charge on any atom is 0.224 e. The zero-order chi connectivity index (χ0) is 13.5. The van der Waals surface area contributed by atoms with Crippen molar-refractivity contribution >= 4 is 17.7 Å².